The number of thiophene rings is 2. The smallest absolute Gasteiger partial charge is 0.0886 e. The minimum absolute atomic E-state index is 0.0930. The summed E-state index contributed by atoms with van der Waals surface area (Å²) in [4.78, 5) is 8.68. The molecule has 0 bridgehead atoms. The minimum atomic E-state index is 0.0930. The van der Waals surface area contributed by atoms with Gasteiger partial charge in [0.1, 0.15) is 0 Å². The number of fused-ring (bicyclic) bond motifs is 3. The van der Waals surface area contributed by atoms with E-state index in [-0.39, 0.29) is 5.41 Å². The number of aromatic nitrogens is 3. The van der Waals surface area contributed by atoms with Crippen molar-refractivity contribution in [2.45, 2.75) is 26.2 Å². The van der Waals surface area contributed by atoms with Gasteiger partial charge in [-0.2, -0.15) is 5.10 Å². The summed E-state index contributed by atoms with van der Waals surface area (Å²) < 4.78 is 0. The quantitative estimate of drug-likeness (QED) is 0.483. The number of H-pyrrole nitrogens is 1. The van der Waals surface area contributed by atoms with Crippen molar-refractivity contribution in [3.05, 3.63) is 58.7 Å². The molecule has 5 heteroatoms. The standard InChI is InChI=1S/C20H17N3S2/c1-11-8-16(23-22-11)15-9-12(4-6-21-15)17-10-14-19(25-17)18-13(5-7-24-18)20(14,2)3/h4-10H,1-3H3,(H,22,23). The molecule has 5 rings (SSSR count). The zero-order chi connectivity index (χ0) is 17.2. The predicted octanol–water partition coefficient (Wildman–Crippen LogP) is 5.88. The van der Waals surface area contributed by atoms with Crippen LogP contribution in [0.5, 0.6) is 0 Å². The topological polar surface area (TPSA) is 41.6 Å². The van der Waals surface area contributed by atoms with E-state index in [4.69, 9.17) is 0 Å². The van der Waals surface area contributed by atoms with Crippen LogP contribution in [-0.2, 0) is 5.41 Å². The summed E-state index contributed by atoms with van der Waals surface area (Å²) in [6.07, 6.45) is 1.88. The molecule has 0 saturated heterocycles. The van der Waals surface area contributed by atoms with E-state index in [1.165, 1.54) is 31.3 Å². The highest BCUT2D eigenvalue weighted by molar-refractivity contribution is 7.23. The van der Waals surface area contributed by atoms with Gasteiger partial charge in [0.2, 0.25) is 0 Å². The first-order valence-corrected chi connectivity index (χ1v) is 9.95. The van der Waals surface area contributed by atoms with Gasteiger partial charge in [-0.3, -0.25) is 10.1 Å². The van der Waals surface area contributed by atoms with Gasteiger partial charge in [0.15, 0.2) is 0 Å². The van der Waals surface area contributed by atoms with Gasteiger partial charge in [0.25, 0.3) is 0 Å². The van der Waals surface area contributed by atoms with Crippen LogP contribution in [-0.4, -0.2) is 15.2 Å². The molecule has 0 amide bonds. The maximum absolute atomic E-state index is 4.50. The molecular weight excluding hydrogens is 346 g/mol. The monoisotopic (exact) mass is 363 g/mol. The summed E-state index contributed by atoms with van der Waals surface area (Å²) in [6, 6.07) is 10.9. The Kier molecular flexibility index (Phi) is 3.09. The van der Waals surface area contributed by atoms with Crippen LogP contribution in [0.25, 0.3) is 31.6 Å². The number of hydrogen-bond acceptors (Lipinski definition) is 4. The zero-order valence-corrected chi connectivity index (χ0v) is 15.9. The Bertz CT molecular complexity index is 1100. The SMILES string of the molecule is Cc1cc(-c2cc(-c3cc4c(s3)-c3sccc3C4(C)C)ccn2)[nH]n1. The minimum Gasteiger partial charge on any atom is -0.276 e. The molecule has 0 saturated carbocycles. The molecule has 4 aromatic rings. The lowest BCUT2D eigenvalue weighted by Gasteiger charge is -2.18. The molecule has 1 aliphatic rings. The summed E-state index contributed by atoms with van der Waals surface area (Å²) in [5.74, 6) is 0. The van der Waals surface area contributed by atoms with Crippen molar-refractivity contribution in [2.75, 3.05) is 0 Å². The van der Waals surface area contributed by atoms with Gasteiger partial charge in [-0.1, -0.05) is 13.8 Å². The average Bonchev–Trinajstić information content (AvgIpc) is 3.34. The Hall–Kier alpha value is -2.24. The van der Waals surface area contributed by atoms with Gasteiger partial charge in [-0.05, 0) is 59.3 Å². The van der Waals surface area contributed by atoms with Gasteiger partial charge in [0, 0.05) is 26.2 Å². The second-order valence-corrected chi connectivity index (χ2v) is 8.96. The highest BCUT2D eigenvalue weighted by atomic mass is 32.1. The molecule has 4 heterocycles. The third-order valence-corrected chi connectivity index (χ3v) is 7.24. The highest BCUT2D eigenvalue weighted by Gasteiger charge is 2.38. The lowest BCUT2D eigenvalue weighted by atomic mass is 9.84. The van der Waals surface area contributed by atoms with Crippen LogP contribution in [0.2, 0.25) is 0 Å². The van der Waals surface area contributed by atoms with Crippen molar-refractivity contribution in [2.24, 2.45) is 0 Å². The second kappa shape index (κ2) is 5.13. The van der Waals surface area contributed by atoms with Crippen molar-refractivity contribution >= 4 is 22.7 Å². The van der Waals surface area contributed by atoms with E-state index < -0.39 is 0 Å². The van der Waals surface area contributed by atoms with E-state index in [0.717, 1.165) is 17.1 Å². The molecule has 3 nitrogen and oxygen atoms in total. The largest absolute Gasteiger partial charge is 0.276 e. The Morgan fingerprint density at radius 3 is 2.72 bits per heavy atom. The van der Waals surface area contributed by atoms with E-state index in [2.05, 4.69) is 58.7 Å². The maximum Gasteiger partial charge on any atom is 0.0886 e. The first-order valence-electron chi connectivity index (χ1n) is 8.25. The van der Waals surface area contributed by atoms with Gasteiger partial charge in [0.05, 0.1) is 17.1 Å². The van der Waals surface area contributed by atoms with Gasteiger partial charge in [-0.15, -0.1) is 22.7 Å². The van der Waals surface area contributed by atoms with Crippen LogP contribution in [0, 0.1) is 6.92 Å². The molecule has 0 atom stereocenters. The van der Waals surface area contributed by atoms with Crippen molar-refractivity contribution in [1.29, 1.82) is 0 Å². The highest BCUT2D eigenvalue weighted by Crippen LogP contribution is 2.55. The van der Waals surface area contributed by atoms with Crippen molar-refractivity contribution in [3.63, 3.8) is 0 Å². The van der Waals surface area contributed by atoms with E-state index in [0.29, 0.717) is 0 Å². The van der Waals surface area contributed by atoms with Crippen LogP contribution in [0.4, 0.5) is 0 Å². The number of hydrogen-bond donors (Lipinski definition) is 1. The molecule has 124 valence electrons. The number of aryl methyl sites for hydroxylation is 1. The molecule has 0 unspecified atom stereocenters. The van der Waals surface area contributed by atoms with Gasteiger partial charge >= 0.3 is 0 Å². The molecule has 4 aromatic heterocycles. The van der Waals surface area contributed by atoms with Crippen LogP contribution in [0.1, 0.15) is 30.7 Å². The zero-order valence-electron chi connectivity index (χ0n) is 14.3. The average molecular weight is 364 g/mol. The molecule has 25 heavy (non-hydrogen) atoms. The normalized spacial score (nSPS) is 14.5. The number of nitrogens with one attached hydrogen (secondary N) is 1. The molecule has 1 N–H and O–H groups in total. The number of nitrogens with zero attached hydrogens (tertiary/aromatic N) is 2. The molecule has 0 fully saturated rings. The number of rotatable bonds is 2. The fourth-order valence-corrected chi connectivity index (χ4v) is 6.12. The summed E-state index contributed by atoms with van der Waals surface area (Å²) >= 11 is 3.74. The van der Waals surface area contributed by atoms with Gasteiger partial charge < -0.3 is 0 Å². The van der Waals surface area contributed by atoms with Gasteiger partial charge in [-0.25, -0.2) is 0 Å². The summed E-state index contributed by atoms with van der Waals surface area (Å²) in [5.41, 5.74) is 7.09. The van der Waals surface area contributed by atoms with Crippen LogP contribution in [0.15, 0.2) is 41.9 Å². The molecule has 0 spiro atoms. The summed E-state index contributed by atoms with van der Waals surface area (Å²) in [5, 5.41) is 9.48. The van der Waals surface area contributed by atoms with E-state index >= 15 is 0 Å². The first-order chi connectivity index (χ1) is 12.0. The van der Waals surface area contributed by atoms with Crippen molar-refractivity contribution < 1.29 is 0 Å². The fourth-order valence-electron chi connectivity index (χ4n) is 3.57. The third kappa shape index (κ3) is 2.16. The Morgan fingerprint density at radius 2 is 1.92 bits per heavy atom. The molecule has 0 aliphatic heterocycles. The summed E-state index contributed by atoms with van der Waals surface area (Å²) in [6.45, 7) is 6.63. The Balaban J connectivity index is 1.62. The molecule has 1 aliphatic carbocycles. The fraction of sp³-hybridized carbons (Fsp3) is 0.200. The second-order valence-electron chi connectivity index (χ2n) is 6.99. The van der Waals surface area contributed by atoms with Crippen LogP contribution < -0.4 is 0 Å². The lowest BCUT2D eigenvalue weighted by molar-refractivity contribution is 0.663. The summed E-state index contributed by atoms with van der Waals surface area (Å²) in [7, 11) is 0. The predicted molar refractivity (Wildman–Crippen MR) is 105 cm³/mol. The molecule has 0 aromatic carbocycles. The molecule has 0 radical (unpaired) electrons. The first kappa shape index (κ1) is 15.0. The van der Waals surface area contributed by atoms with Crippen LogP contribution in [0.3, 0.4) is 0 Å². The third-order valence-electron chi connectivity index (χ3n) is 4.98. The van der Waals surface area contributed by atoms with E-state index in [9.17, 15) is 0 Å². The number of pyridine rings is 1. The van der Waals surface area contributed by atoms with Crippen molar-refractivity contribution in [3.8, 4) is 31.6 Å². The van der Waals surface area contributed by atoms with E-state index in [1.54, 1.807) is 0 Å². The Morgan fingerprint density at radius 1 is 1.04 bits per heavy atom. The Labute approximate surface area is 154 Å². The lowest BCUT2D eigenvalue weighted by Crippen LogP contribution is -2.13. The van der Waals surface area contributed by atoms with Crippen molar-refractivity contribution in [1.82, 2.24) is 15.2 Å². The van der Waals surface area contributed by atoms with E-state index in [1.807, 2.05) is 41.9 Å². The van der Waals surface area contributed by atoms with Crippen LogP contribution >= 0.6 is 22.7 Å². The number of aromatic amines is 1. The maximum atomic E-state index is 4.50. The molecular formula is C20H17N3S2.